The predicted molar refractivity (Wildman–Crippen MR) is 82.0 cm³/mol. The number of hydrogen-bond donors (Lipinski definition) is 1. The number of rotatable bonds is 6. The third-order valence-electron chi connectivity index (χ3n) is 3.41. The Labute approximate surface area is 125 Å². The van der Waals surface area contributed by atoms with Gasteiger partial charge in [-0.05, 0) is 42.8 Å². The van der Waals surface area contributed by atoms with Crippen LogP contribution in [-0.4, -0.2) is 18.6 Å². The van der Waals surface area contributed by atoms with Crippen LogP contribution in [0.3, 0.4) is 0 Å². The molecule has 4 heteroatoms. The van der Waals surface area contributed by atoms with Crippen molar-refractivity contribution in [1.82, 2.24) is 10.3 Å². The Morgan fingerprint density at radius 2 is 2.10 bits per heavy atom. The van der Waals surface area contributed by atoms with E-state index in [0.717, 1.165) is 29.8 Å². The van der Waals surface area contributed by atoms with Gasteiger partial charge in [-0.3, -0.25) is 4.98 Å². The Morgan fingerprint density at radius 1 is 1.29 bits per heavy atom. The maximum absolute atomic E-state index is 13.9. The van der Waals surface area contributed by atoms with Crippen LogP contribution in [0.5, 0.6) is 5.75 Å². The SMILES string of the molecule is CCNC(Cc1ccc(C)cn1)c1ccc(OC)c(F)c1. The first-order valence-electron chi connectivity index (χ1n) is 7.12. The molecule has 1 atom stereocenters. The summed E-state index contributed by atoms with van der Waals surface area (Å²) < 4.78 is 18.8. The van der Waals surface area contributed by atoms with Crippen LogP contribution in [0.1, 0.15) is 29.8 Å². The first-order valence-corrected chi connectivity index (χ1v) is 7.12. The molecule has 2 rings (SSSR count). The van der Waals surface area contributed by atoms with Gasteiger partial charge in [0.25, 0.3) is 0 Å². The molecule has 1 aromatic heterocycles. The lowest BCUT2D eigenvalue weighted by Crippen LogP contribution is -2.23. The summed E-state index contributed by atoms with van der Waals surface area (Å²) in [5.41, 5.74) is 3.02. The zero-order valence-corrected chi connectivity index (χ0v) is 12.7. The van der Waals surface area contributed by atoms with Crippen LogP contribution in [0.15, 0.2) is 36.5 Å². The molecule has 0 spiro atoms. The van der Waals surface area contributed by atoms with Crippen molar-refractivity contribution in [1.29, 1.82) is 0 Å². The molecule has 21 heavy (non-hydrogen) atoms. The van der Waals surface area contributed by atoms with Crippen LogP contribution in [0.4, 0.5) is 4.39 Å². The fourth-order valence-electron chi connectivity index (χ4n) is 2.28. The molecule has 0 saturated heterocycles. The van der Waals surface area contributed by atoms with Crippen molar-refractivity contribution in [3.05, 3.63) is 59.2 Å². The summed E-state index contributed by atoms with van der Waals surface area (Å²) in [5, 5.41) is 3.38. The zero-order valence-electron chi connectivity index (χ0n) is 12.7. The summed E-state index contributed by atoms with van der Waals surface area (Å²) in [4.78, 5) is 4.42. The maximum atomic E-state index is 13.9. The fraction of sp³-hybridized carbons (Fsp3) is 0.353. The Kier molecular flexibility index (Phi) is 5.28. The van der Waals surface area contributed by atoms with E-state index in [9.17, 15) is 4.39 Å². The van der Waals surface area contributed by atoms with Crippen molar-refractivity contribution < 1.29 is 9.13 Å². The third-order valence-corrected chi connectivity index (χ3v) is 3.41. The second-order valence-electron chi connectivity index (χ2n) is 5.04. The smallest absolute Gasteiger partial charge is 0.165 e. The van der Waals surface area contributed by atoms with Gasteiger partial charge in [0, 0.05) is 24.4 Å². The third kappa shape index (κ3) is 4.02. The van der Waals surface area contributed by atoms with E-state index < -0.39 is 0 Å². The summed E-state index contributed by atoms with van der Waals surface area (Å²) in [6.45, 7) is 4.86. The van der Waals surface area contributed by atoms with Gasteiger partial charge < -0.3 is 10.1 Å². The average Bonchev–Trinajstić information content (AvgIpc) is 2.49. The minimum absolute atomic E-state index is 0.0330. The summed E-state index contributed by atoms with van der Waals surface area (Å²) in [6.07, 6.45) is 2.58. The van der Waals surface area contributed by atoms with Crippen LogP contribution in [0.2, 0.25) is 0 Å². The lowest BCUT2D eigenvalue weighted by atomic mass is 10.0. The van der Waals surface area contributed by atoms with Gasteiger partial charge >= 0.3 is 0 Å². The minimum atomic E-state index is -0.338. The monoisotopic (exact) mass is 288 g/mol. The Balaban J connectivity index is 2.21. The first-order chi connectivity index (χ1) is 10.1. The number of nitrogens with zero attached hydrogens (tertiary/aromatic N) is 1. The van der Waals surface area contributed by atoms with Crippen molar-refractivity contribution in [3.8, 4) is 5.75 Å². The highest BCUT2D eigenvalue weighted by molar-refractivity contribution is 5.31. The second-order valence-corrected chi connectivity index (χ2v) is 5.04. The average molecular weight is 288 g/mol. The quantitative estimate of drug-likeness (QED) is 0.884. The van der Waals surface area contributed by atoms with Gasteiger partial charge in [-0.1, -0.05) is 19.1 Å². The summed E-state index contributed by atoms with van der Waals surface area (Å²) in [7, 11) is 1.47. The standard InChI is InChI=1S/C17H21FN2O/c1-4-19-16(10-14-7-5-12(2)11-20-14)13-6-8-17(21-3)15(18)9-13/h5-9,11,16,19H,4,10H2,1-3H3. The van der Waals surface area contributed by atoms with Gasteiger partial charge in [0.2, 0.25) is 0 Å². The molecule has 3 nitrogen and oxygen atoms in total. The zero-order chi connectivity index (χ0) is 15.2. The van der Waals surface area contributed by atoms with E-state index in [2.05, 4.69) is 10.3 Å². The van der Waals surface area contributed by atoms with E-state index in [1.54, 1.807) is 6.07 Å². The van der Waals surface area contributed by atoms with Crippen molar-refractivity contribution >= 4 is 0 Å². The van der Waals surface area contributed by atoms with Crippen molar-refractivity contribution in [2.24, 2.45) is 0 Å². The number of nitrogens with one attached hydrogen (secondary N) is 1. The Morgan fingerprint density at radius 3 is 2.67 bits per heavy atom. The molecule has 0 aliphatic carbocycles. The van der Waals surface area contributed by atoms with Crippen molar-refractivity contribution in [2.45, 2.75) is 26.3 Å². The molecule has 0 radical (unpaired) electrons. The van der Waals surface area contributed by atoms with E-state index >= 15 is 0 Å². The van der Waals surface area contributed by atoms with E-state index in [0.29, 0.717) is 0 Å². The largest absolute Gasteiger partial charge is 0.494 e. The second kappa shape index (κ2) is 7.18. The molecule has 2 aromatic rings. The van der Waals surface area contributed by atoms with E-state index in [-0.39, 0.29) is 17.6 Å². The maximum Gasteiger partial charge on any atom is 0.165 e. The molecule has 0 saturated carbocycles. The lowest BCUT2D eigenvalue weighted by molar-refractivity contribution is 0.385. The van der Waals surface area contributed by atoms with Crippen molar-refractivity contribution in [3.63, 3.8) is 0 Å². The van der Waals surface area contributed by atoms with Gasteiger partial charge in [0.1, 0.15) is 0 Å². The molecule has 1 unspecified atom stereocenters. The van der Waals surface area contributed by atoms with Crippen LogP contribution in [-0.2, 0) is 6.42 Å². The van der Waals surface area contributed by atoms with Crippen LogP contribution in [0, 0.1) is 12.7 Å². The summed E-state index contributed by atoms with van der Waals surface area (Å²) >= 11 is 0. The number of pyridine rings is 1. The number of aryl methyl sites for hydroxylation is 1. The molecule has 0 fully saturated rings. The number of methoxy groups -OCH3 is 1. The topological polar surface area (TPSA) is 34.2 Å². The molecule has 1 aromatic carbocycles. The lowest BCUT2D eigenvalue weighted by Gasteiger charge is -2.18. The molecular formula is C17H21FN2O. The summed E-state index contributed by atoms with van der Waals surface area (Å²) in [6, 6.07) is 9.17. The molecule has 0 bridgehead atoms. The molecule has 0 aliphatic rings. The number of aromatic nitrogens is 1. The Hall–Kier alpha value is -1.94. The normalized spacial score (nSPS) is 12.2. The summed E-state index contributed by atoms with van der Waals surface area (Å²) in [5.74, 6) is -0.0720. The molecule has 0 aliphatic heterocycles. The number of ether oxygens (including phenoxy) is 1. The number of likely N-dealkylation sites (N-methyl/N-ethyl adjacent to an activating group) is 1. The predicted octanol–water partition coefficient (Wildman–Crippen LogP) is 3.43. The van der Waals surface area contributed by atoms with Gasteiger partial charge in [0.05, 0.1) is 7.11 Å². The molecule has 0 amide bonds. The van der Waals surface area contributed by atoms with Gasteiger partial charge in [-0.2, -0.15) is 0 Å². The first kappa shape index (κ1) is 15.4. The van der Waals surface area contributed by atoms with E-state index in [1.807, 2.05) is 38.2 Å². The number of benzene rings is 1. The Bertz CT molecular complexity index is 584. The highest BCUT2D eigenvalue weighted by Gasteiger charge is 2.14. The van der Waals surface area contributed by atoms with Crippen LogP contribution >= 0.6 is 0 Å². The molecule has 112 valence electrons. The van der Waals surface area contributed by atoms with E-state index in [4.69, 9.17) is 4.74 Å². The highest BCUT2D eigenvalue weighted by atomic mass is 19.1. The van der Waals surface area contributed by atoms with E-state index in [1.165, 1.54) is 13.2 Å². The molecule has 1 heterocycles. The van der Waals surface area contributed by atoms with Gasteiger partial charge in [-0.15, -0.1) is 0 Å². The van der Waals surface area contributed by atoms with Gasteiger partial charge in [0.15, 0.2) is 11.6 Å². The van der Waals surface area contributed by atoms with Crippen molar-refractivity contribution in [2.75, 3.05) is 13.7 Å². The molecule has 1 N–H and O–H groups in total. The minimum Gasteiger partial charge on any atom is -0.494 e. The fourth-order valence-corrected chi connectivity index (χ4v) is 2.28. The van der Waals surface area contributed by atoms with Gasteiger partial charge in [-0.25, -0.2) is 4.39 Å². The highest BCUT2D eigenvalue weighted by Crippen LogP contribution is 2.24. The number of hydrogen-bond acceptors (Lipinski definition) is 3. The number of halogens is 1. The van der Waals surface area contributed by atoms with Crippen LogP contribution in [0.25, 0.3) is 0 Å². The molecular weight excluding hydrogens is 267 g/mol. The van der Waals surface area contributed by atoms with Crippen LogP contribution < -0.4 is 10.1 Å².